The first-order valence-electron chi connectivity index (χ1n) is 4.18. The lowest BCUT2D eigenvalue weighted by molar-refractivity contribution is -0.124. The van der Waals surface area contributed by atoms with E-state index in [-0.39, 0.29) is 18.4 Å². The number of alkyl halides is 1. The van der Waals surface area contributed by atoms with Gasteiger partial charge in [-0.1, -0.05) is 12.8 Å². The zero-order chi connectivity index (χ0) is 8.10. The first kappa shape index (κ1) is 8.50. The van der Waals surface area contributed by atoms with E-state index in [0.717, 1.165) is 25.7 Å². The zero-order valence-corrected chi connectivity index (χ0v) is 6.61. The first-order chi connectivity index (χ1) is 5.34. The molecule has 0 aromatic carbocycles. The number of carbonyl (C=O) groups is 1. The molecular formula is C8H14FNO. The van der Waals surface area contributed by atoms with E-state index in [4.69, 9.17) is 0 Å². The Hall–Kier alpha value is -0.600. The van der Waals surface area contributed by atoms with E-state index in [0.29, 0.717) is 0 Å². The second-order valence-electron chi connectivity index (χ2n) is 2.96. The Kier molecular flexibility index (Phi) is 3.33. The fraction of sp³-hybridized carbons (Fsp3) is 0.875. The minimum absolute atomic E-state index is 0.0418. The molecule has 0 aromatic rings. The molecule has 2 nitrogen and oxygen atoms in total. The van der Waals surface area contributed by atoms with Crippen molar-refractivity contribution in [1.29, 1.82) is 0 Å². The lowest BCUT2D eigenvalue weighted by Gasteiger charge is -2.07. The van der Waals surface area contributed by atoms with Gasteiger partial charge in [-0.2, -0.15) is 0 Å². The lowest BCUT2D eigenvalue weighted by Crippen LogP contribution is -2.30. The van der Waals surface area contributed by atoms with Crippen LogP contribution in [0.1, 0.15) is 25.7 Å². The highest BCUT2D eigenvalue weighted by Gasteiger charge is 2.21. The van der Waals surface area contributed by atoms with E-state index >= 15 is 0 Å². The fourth-order valence-electron chi connectivity index (χ4n) is 1.50. The lowest BCUT2D eigenvalue weighted by atomic mass is 10.1. The van der Waals surface area contributed by atoms with Crippen molar-refractivity contribution in [3.8, 4) is 0 Å². The molecule has 0 aliphatic heterocycles. The van der Waals surface area contributed by atoms with Crippen molar-refractivity contribution in [1.82, 2.24) is 5.32 Å². The minimum atomic E-state index is -0.460. The standard InChI is InChI=1S/C8H14FNO/c9-5-6-10-8(11)7-3-1-2-4-7/h7H,1-6H2,(H,10,11). The average molecular weight is 159 g/mol. The molecule has 0 heterocycles. The molecule has 0 atom stereocenters. The van der Waals surface area contributed by atoms with E-state index in [9.17, 15) is 9.18 Å². The van der Waals surface area contributed by atoms with Crippen molar-refractivity contribution >= 4 is 5.91 Å². The van der Waals surface area contributed by atoms with Gasteiger partial charge in [0.15, 0.2) is 0 Å². The van der Waals surface area contributed by atoms with Crippen LogP contribution in [0.2, 0.25) is 0 Å². The number of halogens is 1. The molecule has 1 amide bonds. The molecule has 0 aromatic heterocycles. The number of hydrogen-bond acceptors (Lipinski definition) is 1. The van der Waals surface area contributed by atoms with Gasteiger partial charge in [0, 0.05) is 12.5 Å². The highest BCUT2D eigenvalue weighted by molar-refractivity contribution is 5.78. The monoisotopic (exact) mass is 159 g/mol. The first-order valence-corrected chi connectivity index (χ1v) is 4.18. The van der Waals surface area contributed by atoms with Crippen LogP contribution in [0.5, 0.6) is 0 Å². The van der Waals surface area contributed by atoms with Crippen LogP contribution in [0.15, 0.2) is 0 Å². The molecule has 0 spiro atoms. The number of rotatable bonds is 3. The molecule has 64 valence electrons. The molecule has 0 radical (unpaired) electrons. The predicted molar refractivity (Wildman–Crippen MR) is 40.9 cm³/mol. The van der Waals surface area contributed by atoms with Crippen LogP contribution in [0.25, 0.3) is 0 Å². The van der Waals surface area contributed by atoms with Crippen molar-refractivity contribution in [3.05, 3.63) is 0 Å². The van der Waals surface area contributed by atoms with Crippen LogP contribution < -0.4 is 5.32 Å². The van der Waals surface area contributed by atoms with Gasteiger partial charge in [0.1, 0.15) is 6.67 Å². The van der Waals surface area contributed by atoms with Crippen LogP contribution >= 0.6 is 0 Å². The Morgan fingerprint density at radius 3 is 2.64 bits per heavy atom. The summed E-state index contributed by atoms with van der Waals surface area (Å²) in [7, 11) is 0. The second kappa shape index (κ2) is 4.31. The van der Waals surface area contributed by atoms with E-state index in [1.165, 1.54) is 0 Å². The van der Waals surface area contributed by atoms with Gasteiger partial charge in [0.05, 0.1) is 0 Å². The highest BCUT2D eigenvalue weighted by atomic mass is 19.1. The minimum Gasteiger partial charge on any atom is -0.353 e. The van der Waals surface area contributed by atoms with Gasteiger partial charge < -0.3 is 5.32 Å². The van der Waals surface area contributed by atoms with E-state index in [1.54, 1.807) is 0 Å². The van der Waals surface area contributed by atoms with Gasteiger partial charge in [-0.15, -0.1) is 0 Å². The highest BCUT2D eigenvalue weighted by Crippen LogP contribution is 2.24. The summed E-state index contributed by atoms with van der Waals surface area (Å²) in [6.07, 6.45) is 4.26. The third-order valence-corrected chi connectivity index (χ3v) is 2.12. The van der Waals surface area contributed by atoms with Gasteiger partial charge in [-0.25, -0.2) is 4.39 Å². The maximum atomic E-state index is 11.6. The topological polar surface area (TPSA) is 29.1 Å². The summed E-state index contributed by atoms with van der Waals surface area (Å²) in [5, 5.41) is 2.56. The van der Waals surface area contributed by atoms with Crippen molar-refractivity contribution in [2.45, 2.75) is 25.7 Å². The summed E-state index contributed by atoms with van der Waals surface area (Å²) in [6.45, 7) is -0.284. The number of hydrogen-bond donors (Lipinski definition) is 1. The summed E-state index contributed by atoms with van der Waals surface area (Å²) >= 11 is 0. The summed E-state index contributed by atoms with van der Waals surface area (Å²) in [4.78, 5) is 11.1. The molecule has 0 unspecified atom stereocenters. The second-order valence-corrected chi connectivity index (χ2v) is 2.96. The molecule has 1 N–H and O–H groups in total. The molecule has 3 heteroatoms. The maximum Gasteiger partial charge on any atom is 0.223 e. The number of carbonyl (C=O) groups excluding carboxylic acids is 1. The van der Waals surface area contributed by atoms with Crippen LogP contribution in [0.4, 0.5) is 4.39 Å². The SMILES string of the molecule is O=C(NCCF)C1CCCC1. The molecule has 1 rings (SSSR count). The smallest absolute Gasteiger partial charge is 0.223 e. The molecule has 1 fully saturated rings. The van der Waals surface area contributed by atoms with E-state index < -0.39 is 6.67 Å². The molecule has 1 saturated carbocycles. The molecule has 0 bridgehead atoms. The van der Waals surface area contributed by atoms with E-state index in [2.05, 4.69) is 5.32 Å². The van der Waals surface area contributed by atoms with Gasteiger partial charge in [-0.3, -0.25) is 4.79 Å². The maximum absolute atomic E-state index is 11.6. The Balaban J connectivity index is 2.17. The van der Waals surface area contributed by atoms with E-state index in [1.807, 2.05) is 0 Å². The normalized spacial score (nSPS) is 18.6. The van der Waals surface area contributed by atoms with Gasteiger partial charge >= 0.3 is 0 Å². The third-order valence-electron chi connectivity index (χ3n) is 2.12. The van der Waals surface area contributed by atoms with Crippen molar-refractivity contribution in [2.75, 3.05) is 13.2 Å². The summed E-state index contributed by atoms with van der Waals surface area (Å²) in [6, 6.07) is 0. The largest absolute Gasteiger partial charge is 0.353 e. The molecule has 11 heavy (non-hydrogen) atoms. The Labute approximate surface area is 66.2 Å². The quantitative estimate of drug-likeness (QED) is 0.660. The summed E-state index contributed by atoms with van der Waals surface area (Å²) in [5.74, 6) is 0.210. The zero-order valence-electron chi connectivity index (χ0n) is 6.61. The molecular weight excluding hydrogens is 145 g/mol. The molecule has 1 aliphatic rings. The third kappa shape index (κ3) is 2.48. The fourth-order valence-corrected chi connectivity index (χ4v) is 1.50. The predicted octanol–water partition coefficient (Wildman–Crippen LogP) is 1.26. The number of nitrogens with one attached hydrogen (secondary N) is 1. The van der Waals surface area contributed by atoms with Crippen molar-refractivity contribution in [3.63, 3.8) is 0 Å². The van der Waals surface area contributed by atoms with Gasteiger partial charge in [0.2, 0.25) is 5.91 Å². The summed E-state index contributed by atoms with van der Waals surface area (Å²) < 4.78 is 11.6. The van der Waals surface area contributed by atoms with Gasteiger partial charge in [-0.05, 0) is 12.8 Å². The molecule has 1 aliphatic carbocycles. The van der Waals surface area contributed by atoms with Crippen molar-refractivity contribution in [2.24, 2.45) is 5.92 Å². The van der Waals surface area contributed by atoms with Crippen LogP contribution in [0, 0.1) is 5.92 Å². The Morgan fingerprint density at radius 1 is 1.45 bits per heavy atom. The van der Waals surface area contributed by atoms with Crippen LogP contribution in [-0.2, 0) is 4.79 Å². The average Bonchev–Trinajstić information content (AvgIpc) is 2.52. The van der Waals surface area contributed by atoms with Crippen LogP contribution in [0.3, 0.4) is 0 Å². The molecule has 0 saturated heterocycles. The van der Waals surface area contributed by atoms with Crippen molar-refractivity contribution < 1.29 is 9.18 Å². The summed E-state index contributed by atoms with van der Waals surface area (Å²) in [5.41, 5.74) is 0. The van der Waals surface area contributed by atoms with Gasteiger partial charge in [0.25, 0.3) is 0 Å². The number of amides is 1. The Bertz CT molecular complexity index is 132. The Morgan fingerprint density at radius 2 is 2.09 bits per heavy atom. The van der Waals surface area contributed by atoms with Crippen LogP contribution in [-0.4, -0.2) is 19.1 Å².